The second-order valence-electron chi connectivity index (χ2n) is 6.66. The zero-order chi connectivity index (χ0) is 18.7. The molecular weight excluding hydrogens is 350 g/mol. The molecule has 1 atom stereocenters. The maximum Gasteiger partial charge on any atom is 0.238 e. The number of primary sulfonamides is 1. The molecule has 1 fully saturated rings. The van der Waals surface area contributed by atoms with E-state index in [-0.39, 0.29) is 16.8 Å². The molecule has 138 valence electrons. The lowest BCUT2D eigenvalue weighted by Gasteiger charge is -2.24. The Morgan fingerprint density at radius 1 is 1.23 bits per heavy atom. The van der Waals surface area contributed by atoms with Crippen LogP contribution in [0.3, 0.4) is 0 Å². The minimum Gasteiger partial charge on any atom is -0.325 e. The van der Waals surface area contributed by atoms with Crippen LogP contribution in [0.15, 0.2) is 53.4 Å². The Labute approximate surface area is 154 Å². The van der Waals surface area contributed by atoms with Crippen molar-refractivity contribution in [2.24, 2.45) is 5.14 Å². The van der Waals surface area contributed by atoms with Gasteiger partial charge in [0.15, 0.2) is 0 Å². The number of nitrogens with zero attached hydrogens (tertiary/aromatic N) is 1. The number of hydrogen-bond donors (Lipinski definition) is 2. The summed E-state index contributed by atoms with van der Waals surface area (Å²) in [4.78, 5) is 14.6. The van der Waals surface area contributed by atoms with Gasteiger partial charge in [-0.1, -0.05) is 29.8 Å². The number of anilines is 1. The Balaban J connectivity index is 1.64. The van der Waals surface area contributed by atoms with E-state index in [1.807, 2.05) is 6.07 Å². The molecule has 3 N–H and O–H groups in total. The van der Waals surface area contributed by atoms with E-state index >= 15 is 0 Å². The molecule has 1 aliphatic heterocycles. The summed E-state index contributed by atoms with van der Waals surface area (Å²) in [5, 5.41) is 7.89. The Morgan fingerprint density at radius 2 is 1.96 bits per heavy atom. The predicted molar refractivity (Wildman–Crippen MR) is 101 cm³/mol. The summed E-state index contributed by atoms with van der Waals surface area (Å²) in [6.45, 7) is 3.26. The van der Waals surface area contributed by atoms with Gasteiger partial charge in [0.25, 0.3) is 0 Å². The van der Waals surface area contributed by atoms with Crippen LogP contribution in [0.1, 0.15) is 30.0 Å². The first kappa shape index (κ1) is 18.6. The van der Waals surface area contributed by atoms with Gasteiger partial charge in [-0.3, -0.25) is 9.69 Å². The summed E-state index contributed by atoms with van der Waals surface area (Å²) in [6, 6.07) is 14.5. The maximum absolute atomic E-state index is 12.4. The van der Waals surface area contributed by atoms with Crippen molar-refractivity contribution < 1.29 is 13.2 Å². The van der Waals surface area contributed by atoms with Crippen molar-refractivity contribution in [1.82, 2.24) is 4.90 Å². The summed E-state index contributed by atoms with van der Waals surface area (Å²) in [6.07, 6.45) is 2.11. The lowest BCUT2D eigenvalue weighted by atomic mass is 10.0. The van der Waals surface area contributed by atoms with Gasteiger partial charge in [0.1, 0.15) is 0 Å². The third-order valence-corrected chi connectivity index (χ3v) is 5.53. The highest BCUT2D eigenvalue weighted by molar-refractivity contribution is 7.89. The summed E-state index contributed by atoms with van der Waals surface area (Å²) < 4.78 is 22.6. The van der Waals surface area contributed by atoms with Gasteiger partial charge >= 0.3 is 0 Å². The molecule has 1 unspecified atom stereocenters. The Bertz CT molecular complexity index is 895. The molecule has 1 saturated heterocycles. The fourth-order valence-electron chi connectivity index (χ4n) is 3.38. The van der Waals surface area contributed by atoms with E-state index in [0.29, 0.717) is 12.2 Å². The van der Waals surface area contributed by atoms with Crippen LogP contribution in [0, 0.1) is 6.92 Å². The van der Waals surface area contributed by atoms with Crippen molar-refractivity contribution in [3.8, 4) is 0 Å². The average molecular weight is 373 g/mol. The molecule has 2 aromatic carbocycles. The SMILES string of the molecule is Cc1cccc(C2CCCN2CC(=O)Nc2ccc(S(N)(=O)=O)cc2)c1. The van der Waals surface area contributed by atoms with Crippen LogP contribution in [0.4, 0.5) is 5.69 Å². The number of amides is 1. The molecule has 0 radical (unpaired) electrons. The largest absolute Gasteiger partial charge is 0.325 e. The highest BCUT2D eigenvalue weighted by Crippen LogP contribution is 2.31. The van der Waals surface area contributed by atoms with Crippen LogP contribution in [0.5, 0.6) is 0 Å². The number of benzene rings is 2. The van der Waals surface area contributed by atoms with Crippen LogP contribution < -0.4 is 10.5 Å². The molecule has 0 aliphatic carbocycles. The van der Waals surface area contributed by atoms with E-state index in [2.05, 4.69) is 35.3 Å². The first-order valence-corrected chi connectivity index (χ1v) is 10.1. The van der Waals surface area contributed by atoms with Gasteiger partial charge in [0, 0.05) is 11.7 Å². The molecule has 0 aromatic heterocycles. The number of likely N-dealkylation sites (tertiary alicyclic amines) is 1. The van der Waals surface area contributed by atoms with Gasteiger partial charge in [0.05, 0.1) is 11.4 Å². The number of rotatable bonds is 5. The third kappa shape index (κ3) is 4.49. The van der Waals surface area contributed by atoms with Gasteiger partial charge in [-0.15, -0.1) is 0 Å². The third-order valence-electron chi connectivity index (χ3n) is 4.60. The molecule has 0 saturated carbocycles. The number of nitrogens with one attached hydrogen (secondary N) is 1. The molecule has 1 heterocycles. The lowest BCUT2D eigenvalue weighted by molar-refractivity contribution is -0.117. The second kappa shape index (κ2) is 7.57. The van der Waals surface area contributed by atoms with Crippen LogP contribution in [-0.2, 0) is 14.8 Å². The van der Waals surface area contributed by atoms with E-state index < -0.39 is 10.0 Å². The topological polar surface area (TPSA) is 92.5 Å². The molecule has 0 spiro atoms. The normalized spacial score (nSPS) is 18.0. The van der Waals surface area contributed by atoms with Crippen molar-refractivity contribution >= 4 is 21.6 Å². The minimum absolute atomic E-state index is 0.0227. The molecule has 2 aromatic rings. The number of aryl methyl sites for hydroxylation is 1. The molecule has 1 amide bonds. The monoisotopic (exact) mass is 373 g/mol. The van der Waals surface area contributed by atoms with Gasteiger partial charge in [0.2, 0.25) is 15.9 Å². The molecule has 0 bridgehead atoms. The van der Waals surface area contributed by atoms with E-state index in [1.54, 1.807) is 12.1 Å². The van der Waals surface area contributed by atoms with Crippen LogP contribution in [0.2, 0.25) is 0 Å². The molecule has 26 heavy (non-hydrogen) atoms. The highest BCUT2D eigenvalue weighted by atomic mass is 32.2. The fourth-order valence-corrected chi connectivity index (χ4v) is 3.90. The molecule has 7 heteroatoms. The van der Waals surface area contributed by atoms with E-state index in [0.717, 1.165) is 19.4 Å². The summed E-state index contributed by atoms with van der Waals surface area (Å²) in [5.41, 5.74) is 3.01. The van der Waals surface area contributed by atoms with E-state index in [4.69, 9.17) is 5.14 Å². The van der Waals surface area contributed by atoms with Gasteiger partial charge in [-0.05, 0) is 56.1 Å². The summed E-state index contributed by atoms with van der Waals surface area (Å²) >= 11 is 0. The van der Waals surface area contributed by atoms with Crippen LogP contribution in [-0.4, -0.2) is 32.3 Å². The first-order valence-electron chi connectivity index (χ1n) is 8.56. The molecule has 6 nitrogen and oxygen atoms in total. The smallest absolute Gasteiger partial charge is 0.238 e. The highest BCUT2D eigenvalue weighted by Gasteiger charge is 2.27. The van der Waals surface area contributed by atoms with Crippen molar-refractivity contribution in [3.05, 3.63) is 59.7 Å². The molecular formula is C19H23N3O3S. The maximum atomic E-state index is 12.4. The van der Waals surface area contributed by atoms with Gasteiger partial charge < -0.3 is 5.32 Å². The number of hydrogen-bond acceptors (Lipinski definition) is 4. The lowest BCUT2D eigenvalue weighted by Crippen LogP contribution is -2.33. The standard InChI is InChI=1S/C19H23N3O3S/c1-14-4-2-5-15(12-14)18-6-3-11-22(18)13-19(23)21-16-7-9-17(10-8-16)26(20,24)25/h2,4-5,7-10,12,18H,3,6,11,13H2,1H3,(H,21,23)(H2,20,24,25). The zero-order valence-electron chi connectivity index (χ0n) is 14.7. The number of carbonyl (C=O) groups is 1. The summed E-state index contributed by atoms with van der Waals surface area (Å²) in [5.74, 6) is -0.118. The number of carbonyl (C=O) groups excluding carboxylic acids is 1. The Morgan fingerprint density at radius 3 is 2.62 bits per heavy atom. The van der Waals surface area contributed by atoms with Crippen molar-refractivity contribution in [1.29, 1.82) is 0 Å². The van der Waals surface area contributed by atoms with Gasteiger partial charge in [-0.25, -0.2) is 13.6 Å². The average Bonchev–Trinajstić information content (AvgIpc) is 3.02. The van der Waals surface area contributed by atoms with Crippen molar-refractivity contribution in [3.63, 3.8) is 0 Å². The Kier molecular flexibility index (Phi) is 5.41. The second-order valence-corrected chi connectivity index (χ2v) is 8.22. The number of sulfonamides is 1. The van der Waals surface area contributed by atoms with Crippen LogP contribution in [0.25, 0.3) is 0 Å². The predicted octanol–water partition coefficient (Wildman–Crippen LogP) is 2.42. The fraction of sp³-hybridized carbons (Fsp3) is 0.316. The van der Waals surface area contributed by atoms with Crippen molar-refractivity contribution in [2.75, 3.05) is 18.4 Å². The van der Waals surface area contributed by atoms with Crippen molar-refractivity contribution in [2.45, 2.75) is 30.7 Å². The van der Waals surface area contributed by atoms with E-state index in [1.165, 1.54) is 23.3 Å². The van der Waals surface area contributed by atoms with E-state index in [9.17, 15) is 13.2 Å². The van der Waals surface area contributed by atoms with Gasteiger partial charge in [-0.2, -0.15) is 0 Å². The molecule has 3 rings (SSSR count). The quantitative estimate of drug-likeness (QED) is 0.842. The first-order chi connectivity index (χ1) is 12.3. The Hall–Kier alpha value is -2.22. The zero-order valence-corrected chi connectivity index (χ0v) is 15.5. The number of nitrogens with two attached hydrogens (primary N) is 1. The minimum atomic E-state index is -3.73. The summed E-state index contributed by atoms with van der Waals surface area (Å²) in [7, 11) is -3.73. The van der Waals surface area contributed by atoms with Crippen LogP contribution >= 0.6 is 0 Å². The molecule has 1 aliphatic rings.